The standard InChI is InChI=1S/C12H19N5O/c1-16(2)10-4-6-17(8-10)12(18)9-3-5-14-11(7-9)15-13/h3,5,7,10H,4,6,8,13H2,1-2H3,(H,14,15). The van der Waals surface area contributed by atoms with Gasteiger partial charge in [0.2, 0.25) is 0 Å². The second-order valence-electron chi connectivity index (χ2n) is 4.73. The van der Waals surface area contributed by atoms with Crippen molar-refractivity contribution in [2.75, 3.05) is 32.6 Å². The molecule has 6 heteroatoms. The van der Waals surface area contributed by atoms with Crippen LogP contribution in [0.15, 0.2) is 18.3 Å². The smallest absolute Gasteiger partial charge is 0.254 e. The molecule has 1 saturated heterocycles. The molecule has 2 rings (SSSR count). The molecule has 0 bridgehead atoms. The van der Waals surface area contributed by atoms with Crippen molar-refractivity contribution in [1.82, 2.24) is 14.8 Å². The van der Waals surface area contributed by atoms with E-state index in [2.05, 4.69) is 15.3 Å². The van der Waals surface area contributed by atoms with Crippen molar-refractivity contribution in [3.63, 3.8) is 0 Å². The van der Waals surface area contributed by atoms with E-state index in [1.165, 1.54) is 0 Å². The molecule has 0 radical (unpaired) electrons. The Morgan fingerprint density at radius 1 is 1.61 bits per heavy atom. The minimum atomic E-state index is 0.0400. The van der Waals surface area contributed by atoms with E-state index in [0.717, 1.165) is 19.5 Å². The van der Waals surface area contributed by atoms with Gasteiger partial charge in [-0.05, 0) is 32.6 Å². The van der Waals surface area contributed by atoms with Crippen LogP contribution in [0, 0.1) is 0 Å². The van der Waals surface area contributed by atoms with Gasteiger partial charge >= 0.3 is 0 Å². The number of likely N-dealkylation sites (tertiary alicyclic amines) is 1. The van der Waals surface area contributed by atoms with Crippen LogP contribution in [0.2, 0.25) is 0 Å². The summed E-state index contributed by atoms with van der Waals surface area (Å²) in [5.41, 5.74) is 3.07. The Balaban J connectivity index is 2.08. The summed E-state index contributed by atoms with van der Waals surface area (Å²) in [5, 5.41) is 0. The number of rotatable bonds is 3. The van der Waals surface area contributed by atoms with Crippen LogP contribution in [-0.4, -0.2) is 53.9 Å². The molecule has 1 atom stereocenters. The molecule has 1 fully saturated rings. The Bertz CT molecular complexity index is 434. The molecule has 2 heterocycles. The second-order valence-corrected chi connectivity index (χ2v) is 4.73. The molecule has 1 aliphatic heterocycles. The van der Waals surface area contributed by atoms with Crippen molar-refractivity contribution in [2.45, 2.75) is 12.5 Å². The zero-order valence-electron chi connectivity index (χ0n) is 10.8. The van der Waals surface area contributed by atoms with Crippen LogP contribution in [0.4, 0.5) is 5.82 Å². The predicted octanol–water partition coefficient (Wildman–Crippen LogP) is 0.143. The van der Waals surface area contributed by atoms with Gasteiger partial charge in [-0.1, -0.05) is 0 Å². The lowest BCUT2D eigenvalue weighted by molar-refractivity contribution is 0.0783. The fourth-order valence-electron chi connectivity index (χ4n) is 2.17. The number of hydrogen-bond donors (Lipinski definition) is 2. The summed E-state index contributed by atoms with van der Waals surface area (Å²) in [6, 6.07) is 3.83. The number of nitrogens with one attached hydrogen (secondary N) is 1. The maximum Gasteiger partial charge on any atom is 0.254 e. The molecule has 0 spiro atoms. The third kappa shape index (κ3) is 2.60. The Morgan fingerprint density at radius 2 is 2.39 bits per heavy atom. The lowest BCUT2D eigenvalue weighted by Gasteiger charge is -2.20. The van der Waals surface area contributed by atoms with Crippen molar-refractivity contribution < 1.29 is 4.79 Å². The van der Waals surface area contributed by atoms with Crippen molar-refractivity contribution in [2.24, 2.45) is 5.84 Å². The topological polar surface area (TPSA) is 74.5 Å². The average Bonchev–Trinajstić information content (AvgIpc) is 2.87. The van der Waals surface area contributed by atoms with E-state index in [0.29, 0.717) is 17.4 Å². The van der Waals surface area contributed by atoms with Gasteiger partial charge in [0.25, 0.3) is 5.91 Å². The SMILES string of the molecule is CN(C)C1CCN(C(=O)c2ccnc(NN)c2)C1. The first-order valence-electron chi connectivity index (χ1n) is 6.00. The van der Waals surface area contributed by atoms with Crippen LogP contribution in [0.5, 0.6) is 0 Å². The fourth-order valence-corrected chi connectivity index (χ4v) is 2.17. The van der Waals surface area contributed by atoms with Gasteiger partial charge in [-0.25, -0.2) is 10.8 Å². The van der Waals surface area contributed by atoms with E-state index < -0.39 is 0 Å². The van der Waals surface area contributed by atoms with Crippen molar-refractivity contribution in [3.8, 4) is 0 Å². The van der Waals surface area contributed by atoms with Crippen LogP contribution in [-0.2, 0) is 0 Å². The van der Waals surface area contributed by atoms with Gasteiger partial charge in [0.15, 0.2) is 0 Å². The van der Waals surface area contributed by atoms with Crippen molar-refractivity contribution in [1.29, 1.82) is 0 Å². The van der Waals surface area contributed by atoms with Crippen LogP contribution in [0.1, 0.15) is 16.8 Å². The first-order valence-corrected chi connectivity index (χ1v) is 6.00. The molecule has 1 aromatic heterocycles. The zero-order chi connectivity index (χ0) is 13.1. The largest absolute Gasteiger partial charge is 0.337 e. The van der Waals surface area contributed by atoms with Crippen molar-refractivity contribution >= 4 is 11.7 Å². The summed E-state index contributed by atoms with van der Waals surface area (Å²) < 4.78 is 0. The van der Waals surface area contributed by atoms with Gasteiger partial charge in [0, 0.05) is 30.9 Å². The third-order valence-electron chi connectivity index (χ3n) is 3.34. The Morgan fingerprint density at radius 3 is 3.00 bits per heavy atom. The number of hydrazine groups is 1. The minimum absolute atomic E-state index is 0.0400. The molecule has 1 aromatic rings. The molecule has 1 amide bonds. The molecule has 6 nitrogen and oxygen atoms in total. The summed E-state index contributed by atoms with van der Waals surface area (Å²) in [5.74, 6) is 5.83. The summed E-state index contributed by atoms with van der Waals surface area (Å²) in [6.07, 6.45) is 2.60. The number of carbonyl (C=O) groups is 1. The summed E-state index contributed by atoms with van der Waals surface area (Å²) >= 11 is 0. The number of nitrogens with zero attached hydrogens (tertiary/aromatic N) is 3. The van der Waals surface area contributed by atoms with Gasteiger partial charge in [-0.3, -0.25) is 4.79 Å². The molecular weight excluding hydrogens is 230 g/mol. The number of aromatic nitrogens is 1. The Kier molecular flexibility index (Phi) is 3.78. The Hall–Kier alpha value is -1.66. The normalized spacial score (nSPS) is 19.3. The van der Waals surface area contributed by atoms with Crippen LogP contribution < -0.4 is 11.3 Å². The third-order valence-corrected chi connectivity index (χ3v) is 3.34. The van der Waals surface area contributed by atoms with Gasteiger partial charge in [0.1, 0.15) is 5.82 Å². The molecule has 0 aliphatic carbocycles. The lowest BCUT2D eigenvalue weighted by Crippen LogP contribution is -2.34. The number of carbonyl (C=O) groups excluding carboxylic acids is 1. The van der Waals surface area contributed by atoms with E-state index in [4.69, 9.17) is 5.84 Å². The quantitative estimate of drug-likeness (QED) is 0.589. The maximum absolute atomic E-state index is 12.3. The average molecular weight is 249 g/mol. The van der Waals surface area contributed by atoms with Gasteiger partial charge in [-0.2, -0.15) is 0 Å². The molecule has 1 unspecified atom stereocenters. The van der Waals surface area contributed by atoms with Crippen molar-refractivity contribution in [3.05, 3.63) is 23.9 Å². The highest BCUT2D eigenvalue weighted by atomic mass is 16.2. The van der Waals surface area contributed by atoms with E-state index in [-0.39, 0.29) is 5.91 Å². The molecule has 18 heavy (non-hydrogen) atoms. The Labute approximate surface area is 107 Å². The molecule has 3 N–H and O–H groups in total. The number of pyridine rings is 1. The van der Waals surface area contributed by atoms with Gasteiger partial charge in [0.05, 0.1) is 0 Å². The first-order chi connectivity index (χ1) is 8.61. The monoisotopic (exact) mass is 249 g/mol. The zero-order valence-corrected chi connectivity index (χ0v) is 10.8. The second kappa shape index (κ2) is 5.32. The number of anilines is 1. The highest BCUT2D eigenvalue weighted by Gasteiger charge is 2.28. The molecular formula is C12H19N5O. The fraction of sp³-hybridized carbons (Fsp3) is 0.500. The lowest BCUT2D eigenvalue weighted by atomic mass is 10.2. The number of hydrogen-bond acceptors (Lipinski definition) is 5. The highest BCUT2D eigenvalue weighted by molar-refractivity contribution is 5.95. The van der Waals surface area contributed by atoms with Crippen LogP contribution in [0.3, 0.4) is 0 Å². The summed E-state index contributed by atoms with van der Waals surface area (Å²) in [7, 11) is 4.09. The van der Waals surface area contributed by atoms with Gasteiger partial charge < -0.3 is 15.2 Å². The molecule has 98 valence electrons. The number of amides is 1. The first kappa shape index (κ1) is 12.8. The minimum Gasteiger partial charge on any atom is -0.337 e. The van der Waals surface area contributed by atoms with E-state index in [1.54, 1.807) is 18.3 Å². The summed E-state index contributed by atoms with van der Waals surface area (Å²) in [6.45, 7) is 1.58. The molecule has 0 saturated carbocycles. The molecule has 0 aromatic carbocycles. The number of likely N-dealkylation sites (N-methyl/N-ethyl adjacent to an activating group) is 1. The summed E-state index contributed by atoms with van der Waals surface area (Å²) in [4.78, 5) is 20.3. The number of nitrogen functional groups attached to an aromatic ring is 1. The van der Waals surface area contributed by atoms with Crippen LogP contribution in [0.25, 0.3) is 0 Å². The van der Waals surface area contributed by atoms with Gasteiger partial charge in [-0.15, -0.1) is 0 Å². The van der Waals surface area contributed by atoms with E-state index in [1.807, 2.05) is 19.0 Å². The maximum atomic E-state index is 12.3. The number of nitrogens with two attached hydrogens (primary N) is 1. The molecule has 1 aliphatic rings. The van der Waals surface area contributed by atoms with E-state index in [9.17, 15) is 4.79 Å². The highest BCUT2D eigenvalue weighted by Crippen LogP contribution is 2.17. The van der Waals surface area contributed by atoms with E-state index >= 15 is 0 Å². The van der Waals surface area contributed by atoms with Crippen LogP contribution >= 0.6 is 0 Å². The predicted molar refractivity (Wildman–Crippen MR) is 70.0 cm³/mol.